The molecule has 0 bridgehead atoms. The number of aromatic nitrogens is 2. The van der Waals surface area contributed by atoms with Crippen LogP contribution < -0.4 is 21.9 Å². The van der Waals surface area contributed by atoms with E-state index in [0.717, 1.165) is 0 Å². The highest BCUT2D eigenvalue weighted by atomic mass is 31.2. The minimum absolute atomic E-state index is 0.0119. The average molecular weight is 399 g/mol. The first-order chi connectivity index (χ1) is 12.7. The minimum atomic E-state index is -4.61. The van der Waals surface area contributed by atoms with E-state index >= 15 is 0 Å². The minimum Gasteiger partial charge on any atom is -0.369 e. The highest BCUT2D eigenvalue weighted by Gasteiger charge is 2.70. The Morgan fingerprint density at radius 2 is 2.11 bits per heavy atom. The number of carbonyl (C=O) groups is 1. The van der Waals surface area contributed by atoms with Gasteiger partial charge in [-0.15, -0.1) is 0 Å². The zero-order valence-corrected chi connectivity index (χ0v) is 14.4. The molecule has 27 heavy (non-hydrogen) atoms. The summed E-state index contributed by atoms with van der Waals surface area (Å²) in [7, 11) is -4.61. The van der Waals surface area contributed by atoms with Crippen molar-refractivity contribution >= 4 is 44.5 Å². The first kappa shape index (κ1) is 17.8. The van der Waals surface area contributed by atoms with E-state index in [1.165, 1.54) is 0 Å². The molecule has 2 saturated heterocycles. The first-order valence-corrected chi connectivity index (χ1v) is 8.96. The van der Waals surface area contributed by atoms with Crippen LogP contribution in [0.4, 0.5) is 17.5 Å². The standard InChI is InChI=1S/C12H14N7O7P/c1-14-11-8(21)12(15-2)4(3-24-27(22,23)26-12)25-9(11)16-6-5(19-11)7(20)18-10(13)17-6/h4,9,19H,1-3H2,(H,22,23)(H4,13,16,17,18,20)/t4-,9-,11+,12+/m1/s1. The van der Waals surface area contributed by atoms with Crippen LogP contribution >= 0.6 is 7.82 Å². The third-order valence-corrected chi connectivity index (χ3v) is 5.42. The summed E-state index contributed by atoms with van der Waals surface area (Å²) in [6.45, 7) is 6.18. The average Bonchev–Trinajstić information content (AvgIpc) is 2.61. The van der Waals surface area contributed by atoms with Gasteiger partial charge in [0.05, 0.1) is 6.61 Å². The van der Waals surface area contributed by atoms with Gasteiger partial charge in [-0.05, 0) is 13.4 Å². The number of fused-ring (bicyclic) bond motifs is 3. The molecule has 1 aromatic heterocycles. The Bertz CT molecular complexity index is 981. The molecule has 0 radical (unpaired) electrons. The molecular formula is C12H14N7O7P. The molecule has 144 valence electrons. The Labute approximate surface area is 150 Å². The highest BCUT2D eigenvalue weighted by Crippen LogP contribution is 2.56. The van der Waals surface area contributed by atoms with Gasteiger partial charge in [0.25, 0.3) is 11.3 Å². The normalized spacial score (nSPS) is 39.8. The van der Waals surface area contributed by atoms with E-state index in [9.17, 15) is 19.0 Å². The number of phosphoric acid groups is 1. The molecule has 0 aromatic carbocycles. The Morgan fingerprint density at radius 1 is 1.37 bits per heavy atom. The molecule has 1 aromatic rings. The number of nitrogen functional groups attached to an aromatic ring is 1. The lowest BCUT2D eigenvalue weighted by molar-refractivity contribution is -0.208. The van der Waals surface area contributed by atoms with E-state index in [1.807, 2.05) is 0 Å². The number of phosphoric ester groups is 1. The number of aromatic amines is 1. The molecule has 0 aliphatic carbocycles. The maximum Gasteiger partial charge on any atom is 0.474 e. The zero-order chi connectivity index (χ0) is 19.6. The van der Waals surface area contributed by atoms with Crippen LogP contribution in [0.15, 0.2) is 14.8 Å². The van der Waals surface area contributed by atoms with Gasteiger partial charge in [0.15, 0.2) is 12.0 Å². The molecule has 0 amide bonds. The summed E-state index contributed by atoms with van der Waals surface area (Å²) in [4.78, 5) is 48.8. The third kappa shape index (κ3) is 2.28. The second-order valence-corrected chi connectivity index (χ2v) is 7.29. The molecule has 4 rings (SSSR count). The zero-order valence-electron chi connectivity index (χ0n) is 13.5. The van der Waals surface area contributed by atoms with Gasteiger partial charge in [0, 0.05) is 0 Å². The summed E-state index contributed by atoms with van der Waals surface area (Å²) in [6, 6.07) is 0. The fraction of sp³-hybridized carbons (Fsp3) is 0.417. The van der Waals surface area contributed by atoms with Gasteiger partial charge in [0.1, 0.15) is 11.8 Å². The van der Waals surface area contributed by atoms with E-state index in [1.54, 1.807) is 0 Å². The molecule has 3 aliphatic heterocycles. The van der Waals surface area contributed by atoms with E-state index in [2.05, 4.69) is 44.0 Å². The summed E-state index contributed by atoms with van der Waals surface area (Å²) in [5.41, 5.74) is 0.325. The van der Waals surface area contributed by atoms with Gasteiger partial charge < -0.3 is 26.0 Å². The van der Waals surface area contributed by atoms with Crippen LogP contribution in [0.1, 0.15) is 0 Å². The number of Topliss-reactive ketones (excluding diaryl/α,β-unsaturated/α-hetero) is 1. The van der Waals surface area contributed by atoms with Gasteiger partial charge in [-0.1, -0.05) is 0 Å². The maximum absolute atomic E-state index is 13.4. The summed E-state index contributed by atoms with van der Waals surface area (Å²) in [6.07, 6.45) is -2.46. The Kier molecular flexibility index (Phi) is 3.57. The van der Waals surface area contributed by atoms with E-state index in [0.29, 0.717) is 0 Å². The molecule has 5 atom stereocenters. The van der Waals surface area contributed by atoms with Crippen LogP contribution in [0.3, 0.4) is 0 Å². The lowest BCUT2D eigenvalue weighted by Crippen LogP contribution is -2.75. The summed E-state index contributed by atoms with van der Waals surface area (Å²) in [5.74, 6) is -1.10. The van der Waals surface area contributed by atoms with Crippen LogP contribution in [-0.4, -0.2) is 64.4 Å². The van der Waals surface area contributed by atoms with Gasteiger partial charge in [0.2, 0.25) is 17.4 Å². The lowest BCUT2D eigenvalue weighted by atomic mass is 9.85. The molecule has 3 aliphatic rings. The fourth-order valence-corrected chi connectivity index (χ4v) is 4.18. The van der Waals surface area contributed by atoms with Crippen molar-refractivity contribution in [2.24, 2.45) is 9.98 Å². The molecule has 15 heteroatoms. The van der Waals surface area contributed by atoms with Crippen LogP contribution in [0.25, 0.3) is 0 Å². The van der Waals surface area contributed by atoms with Crippen LogP contribution in [0.2, 0.25) is 0 Å². The number of nitrogens with two attached hydrogens (primary N) is 1. The van der Waals surface area contributed by atoms with Crippen molar-refractivity contribution in [3.05, 3.63) is 10.4 Å². The summed E-state index contributed by atoms with van der Waals surface area (Å²) in [5, 5.41) is 5.36. The number of ketones is 1. The van der Waals surface area contributed by atoms with E-state index < -0.39 is 49.5 Å². The van der Waals surface area contributed by atoms with Crippen molar-refractivity contribution in [1.29, 1.82) is 0 Å². The van der Waals surface area contributed by atoms with Gasteiger partial charge in [-0.2, -0.15) is 4.98 Å². The summed E-state index contributed by atoms with van der Waals surface area (Å²) >= 11 is 0. The quantitative estimate of drug-likeness (QED) is 0.284. The van der Waals surface area contributed by atoms with Gasteiger partial charge in [-0.3, -0.25) is 29.1 Å². The SMILES string of the molecule is C=N[C@@]12Nc3c(nc(N)[nH]c3=O)N[C@@H]1O[C@@H]1COP(=O)(O)O[C@]1(N=C)C2=O. The number of ether oxygens (including phenoxy) is 1. The molecule has 0 saturated carbocycles. The summed E-state index contributed by atoms with van der Waals surface area (Å²) < 4.78 is 27.3. The smallest absolute Gasteiger partial charge is 0.369 e. The molecular weight excluding hydrogens is 385 g/mol. The highest BCUT2D eigenvalue weighted by molar-refractivity contribution is 7.47. The van der Waals surface area contributed by atoms with Crippen LogP contribution in [-0.2, 0) is 23.1 Å². The van der Waals surface area contributed by atoms with E-state index in [-0.39, 0.29) is 17.5 Å². The predicted octanol–water partition coefficient (Wildman–Crippen LogP) is -1.58. The van der Waals surface area contributed by atoms with Crippen molar-refractivity contribution in [3.8, 4) is 0 Å². The molecule has 6 N–H and O–H groups in total. The number of aliphatic imine (C=N–C) groups is 2. The van der Waals surface area contributed by atoms with Gasteiger partial charge in [-0.25, -0.2) is 9.09 Å². The Morgan fingerprint density at radius 3 is 2.78 bits per heavy atom. The molecule has 4 heterocycles. The van der Waals surface area contributed by atoms with Crippen LogP contribution in [0.5, 0.6) is 0 Å². The van der Waals surface area contributed by atoms with Crippen LogP contribution in [0, 0.1) is 0 Å². The number of anilines is 3. The van der Waals surface area contributed by atoms with Crippen molar-refractivity contribution in [3.63, 3.8) is 0 Å². The monoisotopic (exact) mass is 399 g/mol. The second kappa shape index (κ2) is 5.43. The lowest BCUT2D eigenvalue weighted by Gasteiger charge is -2.52. The topological polar surface area (TPSA) is 203 Å². The molecule has 1 unspecified atom stereocenters. The maximum atomic E-state index is 13.4. The largest absolute Gasteiger partial charge is 0.474 e. The van der Waals surface area contributed by atoms with E-state index in [4.69, 9.17) is 19.5 Å². The fourth-order valence-electron chi connectivity index (χ4n) is 3.19. The molecule has 14 nitrogen and oxygen atoms in total. The molecule has 0 spiro atoms. The number of nitrogens with one attached hydrogen (secondary N) is 3. The number of hydrogen-bond donors (Lipinski definition) is 5. The Balaban J connectivity index is 1.87. The number of H-pyrrole nitrogens is 1. The number of hydrogen-bond acceptors (Lipinski definition) is 12. The van der Waals surface area contributed by atoms with Gasteiger partial charge >= 0.3 is 7.82 Å². The predicted molar refractivity (Wildman–Crippen MR) is 91.6 cm³/mol. The van der Waals surface area contributed by atoms with Crippen molar-refractivity contribution in [2.45, 2.75) is 23.7 Å². The first-order valence-electron chi connectivity index (χ1n) is 7.46. The Hall–Kier alpha value is -2.64. The third-order valence-electron chi connectivity index (χ3n) is 4.44. The number of rotatable bonds is 2. The number of carbonyl (C=O) groups excluding carboxylic acids is 1. The van der Waals surface area contributed by atoms with Crippen molar-refractivity contribution in [1.82, 2.24) is 9.97 Å². The molecule has 2 fully saturated rings. The van der Waals surface area contributed by atoms with Crippen molar-refractivity contribution in [2.75, 3.05) is 23.0 Å². The second-order valence-electron chi connectivity index (χ2n) is 5.91. The van der Waals surface area contributed by atoms with Crippen molar-refractivity contribution < 1.29 is 28.0 Å². The number of nitrogens with zero attached hydrogens (tertiary/aromatic N) is 3.